The quantitative estimate of drug-likeness (QED) is 0.504. The van der Waals surface area contributed by atoms with E-state index in [1.54, 1.807) is 0 Å². The molecule has 0 N–H and O–H groups in total. The van der Waals surface area contributed by atoms with E-state index in [9.17, 15) is 0 Å². The van der Waals surface area contributed by atoms with Gasteiger partial charge in [0.15, 0.2) is 0 Å². The van der Waals surface area contributed by atoms with E-state index in [4.69, 9.17) is 21.7 Å². The van der Waals surface area contributed by atoms with E-state index in [0.29, 0.717) is 0 Å². The van der Waals surface area contributed by atoms with Gasteiger partial charge >= 0.3 is 5.24 Å². The molecule has 0 unspecified atom stereocenters. The van der Waals surface area contributed by atoms with Gasteiger partial charge in [0, 0.05) is 12.2 Å². The molecule has 0 spiro atoms. The molecule has 0 bridgehead atoms. The Morgan fingerprint density at radius 2 is 1.30 bits per heavy atom. The first kappa shape index (κ1) is 7.79. The van der Waals surface area contributed by atoms with Crippen LogP contribution in [-0.4, -0.2) is 16.4 Å². The highest BCUT2D eigenvalue weighted by Crippen LogP contribution is 2.35. The van der Waals surface area contributed by atoms with Gasteiger partial charge in [-0.1, -0.05) is 0 Å². The molecule has 0 aliphatic carbocycles. The van der Waals surface area contributed by atoms with Crippen molar-refractivity contribution in [1.82, 2.24) is 0 Å². The molecule has 0 amide bonds. The molecule has 0 saturated carbocycles. The second-order valence-corrected chi connectivity index (χ2v) is 3.81. The lowest BCUT2D eigenvalue weighted by atomic mass is 9.90. The number of hydrogen-bond donors (Lipinski definition) is 0. The summed E-state index contributed by atoms with van der Waals surface area (Å²) >= 11 is 4.77. The minimum atomic E-state index is -0.302. The zero-order valence-electron chi connectivity index (χ0n) is 6.72. The van der Waals surface area contributed by atoms with Crippen LogP contribution in [0.1, 0.15) is 27.7 Å². The van der Waals surface area contributed by atoms with Gasteiger partial charge < -0.3 is 9.47 Å². The van der Waals surface area contributed by atoms with Crippen LogP contribution in [-0.2, 0) is 9.47 Å². The van der Waals surface area contributed by atoms with E-state index in [1.807, 2.05) is 27.7 Å². The summed E-state index contributed by atoms with van der Waals surface area (Å²) < 4.78 is 10.5. The van der Waals surface area contributed by atoms with Crippen LogP contribution >= 0.6 is 12.2 Å². The van der Waals surface area contributed by atoms with Gasteiger partial charge in [-0.15, -0.1) is 0 Å². The Labute approximate surface area is 66.5 Å². The average molecular weight is 160 g/mol. The van der Waals surface area contributed by atoms with Crippen molar-refractivity contribution in [2.45, 2.75) is 38.9 Å². The zero-order valence-corrected chi connectivity index (χ0v) is 7.54. The van der Waals surface area contributed by atoms with Crippen molar-refractivity contribution < 1.29 is 9.47 Å². The normalized spacial score (nSPS) is 27.4. The number of thiocarbonyl (C=S) groups is 1. The van der Waals surface area contributed by atoms with E-state index >= 15 is 0 Å². The Morgan fingerprint density at radius 1 is 1.00 bits per heavy atom. The summed E-state index contributed by atoms with van der Waals surface area (Å²) in [6, 6.07) is 0. The molecule has 1 rings (SSSR count). The van der Waals surface area contributed by atoms with Crippen molar-refractivity contribution in [3.63, 3.8) is 0 Å². The fourth-order valence-corrected chi connectivity index (χ4v) is 1.10. The third kappa shape index (κ3) is 0.985. The molecule has 10 heavy (non-hydrogen) atoms. The van der Waals surface area contributed by atoms with Crippen molar-refractivity contribution in [2.75, 3.05) is 0 Å². The Hall–Kier alpha value is -0.310. The lowest BCUT2D eigenvalue weighted by Gasteiger charge is -2.28. The summed E-state index contributed by atoms with van der Waals surface area (Å²) in [6.07, 6.45) is 0. The highest BCUT2D eigenvalue weighted by molar-refractivity contribution is 7.79. The van der Waals surface area contributed by atoms with Crippen LogP contribution in [0.2, 0.25) is 0 Å². The molecule has 1 fully saturated rings. The molecule has 0 aromatic rings. The van der Waals surface area contributed by atoms with Gasteiger partial charge in [-0.2, -0.15) is 0 Å². The second kappa shape index (κ2) is 1.84. The topological polar surface area (TPSA) is 18.5 Å². The third-order valence-electron chi connectivity index (χ3n) is 2.13. The summed E-state index contributed by atoms with van der Waals surface area (Å²) in [6.45, 7) is 7.86. The van der Waals surface area contributed by atoms with Crippen LogP contribution in [0.3, 0.4) is 0 Å². The smallest absolute Gasteiger partial charge is 0.353 e. The third-order valence-corrected chi connectivity index (χ3v) is 2.29. The van der Waals surface area contributed by atoms with E-state index in [1.165, 1.54) is 0 Å². The van der Waals surface area contributed by atoms with Gasteiger partial charge in [0.2, 0.25) is 0 Å². The molecule has 1 saturated heterocycles. The highest BCUT2D eigenvalue weighted by atomic mass is 32.1. The maximum atomic E-state index is 5.27. The Bertz CT molecular complexity index is 154. The van der Waals surface area contributed by atoms with Gasteiger partial charge in [-0.25, -0.2) is 0 Å². The Morgan fingerprint density at radius 3 is 1.40 bits per heavy atom. The minimum Gasteiger partial charge on any atom is -0.447 e. The SMILES string of the molecule is CC1(C)OC(=S)OC1(C)C. The molecule has 3 heteroatoms. The molecule has 0 atom stereocenters. The molecule has 0 aromatic heterocycles. The second-order valence-electron chi connectivity index (χ2n) is 3.47. The summed E-state index contributed by atoms with van der Waals surface area (Å²) in [5.74, 6) is 0. The van der Waals surface area contributed by atoms with Crippen molar-refractivity contribution in [3.8, 4) is 0 Å². The molecular weight excluding hydrogens is 148 g/mol. The van der Waals surface area contributed by atoms with E-state index < -0.39 is 0 Å². The van der Waals surface area contributed by atoms with Gasteiger partial charge in [-0.05, 0) is 27.7 Å². The molecule has 0 aromatic carbocycles. The molecule has 0 radical (unpaired) electrons. The maximum Gasteiger partial charge on any atom is 0.353 e. The average Bonchev–Trinajstić information content (AvgIpc) is 1.73. The van der Waals surface area contributed by atoms with Gasteiger partial charge in [0.05, 0.1) is 0 Å². The lowest BCUT2D eigenvalue weighted by Crippen LogP contribution is -2.41. The lowest BCUT2D eigenvalue weighted by molar-refractivity contribution is 0.00578. The van der Waals surface area contributed by atoms with Crippen LogP contribution in [0.15, 0.2) is 0 Å². The number of hydrogen-bond acceptors (Lipinski definition) is 3. The van der Waals surface area contributed by atoms with Crippen molar-refractivity contribution in [3.05, 3.63) is 0 Å². The van der Waals surface area contributed by atoms with Crippen LogP contribution < -0.4 is 0 Å². The monoisotopic (exact) mass is 160 g/mol. The Kier molecular flexibility index (Phi) is 1.44. The van der Waals surface area contributed by atoms with E-state index in [2.05, 4.69) is 0 Å². The Balaban J connectivity index is 2.88. The summed E-state index contributed by atoms with van der Waals surface area (Å²) in [7, 11) is 0. The van der Waals surface area contributed by atoms with Crippen LogP contribution in [0.4, 0.5) is 0 Å². The first-order valence-electron chi connectivity index (χ1n) is 3.27. The predicted octanol–water partition coefficient (Wildman–Crippen LogP) is 1.88. The van der Waals surface area contributed by atoms with Crippen molar-refractivity contribution >= 4 is 17.5 Å². The summed E-state index contributed by atoms with van der Waals surface area (Å²) in [5.41, 5.74) is -0.603. The molecule has 1 heterocycles. The number of ether oxygens (including phenoxy) is 2. The van der Waals surface area contributed by atoms with Crippen molar-refractivity contribution in [2.24, 2.45) is 0 Å². The van der Waals surface area contributed by atoms with Crippen LogP contribution in [0.25, 0.3) is 0 Å². The molecule has 1 aliphatic rings. The number of rotatable bonds is 0. The van der Waals surface area contributed by atoms with E-state index in [0.717, 1.165) is 0 Å². The van der Waals surface area contributed by atoms with Crippen molar-refractivity contribution in [1.29, 1.82) is 0 Å². The molecule has 1 aliphatic heterocycles. The molecular formula is C7H12O2S. The highest BCUT2D eigenvalue weighted by Gasteiger charge is 2.48. The zero-order chi connectivity index (χ0) is 7.99. The van der Waals surface area contributed by atoms with E-state index in [-0.39, 0.29) is 16.4 Å². The summed E-state index contributed by atoms with van der Waals surface area (Å²) in [5, 5.41) is 0.259. The summed E-state index contributed by atoms with van der Waals surface area (Å²) in [4.78, 5) is 0. The standard InChI is InChI=1S/C7H12O2S/c1-6(2)7(3,4)9-5(10)8-6/h1-4H3. The molecule has 58 valence electrons. The fraction of sp³-hybridized carbons (Fsp3) is 0.857. The van der Waals surface area contributed by atoms with Gasteiger partial charge in [0.25, 0.3) is 0 Å². The van der Waals surface area contributed by atoms with Gasteiger partial charge in [0.1, 0.15) is 11.2 Å². The first-order valence-corrected chi connectivity index (χ1v) is 3.68. The van der Waals surface area contributed by atoms with Crippen LogP contribution in [0.5, 0.6) is 0 Å². The first-order chi connectivity index (χ1) is 4.35. The fourth-order valence-electron chi connectivity index (χ4n) is 0.683. The largest absolute Gasteiger partial charge is 0.447 e. The minimum absolute atomic E-state index is 0.259. The maximum absolute atomic E-state index is 5.27. The molecule has 2 nitrogen and oxygen atoms in total. The van der Waals surface area contributed by atoms with Gasteiger partial charge in [-0.3, -0.25) is 0 Å². The predicted molar refractivity (Wildman–Crippen MR) is 42.9 cm³/mol. The van der Waals surface area contributed by atoms with Crippen LogP contribution in [0, 0.1) is 0 Å².